The van der Waals surface area contributed by atoms with E-state index in [1.165, 1.54) is 5.57 Å². The molecule has 4 saturated carbocycles. The van der Waals surface area contributed by atoms with Crippen LogP contribution in [0.25, 0.3) is 0 Å². The van der Waals surface area contributed by atoms with E-state index in [1.807, 2.05) is 0 Å². The van der Waals surface area contributed by atoms with Crippen LogP contribution in [0, 0.1) is 50.2 Å². The number of carboxylic acid groups (broad SMARTS) is 1. The largest absolute Gasteiger partial charge is 0.481 e. The van der Waals surface area contributed by atoms with E-state index in [-0.39, 0.29) is 34.0 Å². The summed E-state index contributed by atoms with van der Waals surface area (Å²) >= 11 is 0. The number of allylic oxidation sites excluding steroid dienone is 2. The van der Waals surface area contributed by atoms with Crippen molar-refractivity contribution >= 4 is 5.97 Å². The maximum Gasteiger partial charge on any atom is 0.312 e. The minimum atomic E-state index is -1.89. The number of fused-ring (bicyclic) bond motifs is 7. The Labute approximate surface area is 431 Å². The summed E-state index contributed by atoms with van der Waals surface area (Å²) in [6.45, 7) is 13.4. The zero-order chi connectivity index (χ0) is 54.0. The number of aliphatic hydroxyl groups excluding tert-OH is 12. The van der Waals surface area contributed by atoms with E-state index < -0.39 is 171 Å². The Morgan fingerprint density at radius 2 is 1.23 bits per heavy atom. The van der Waals surface area contributed by atoms with E-state index >= 15 is 0 Å². The van der Waals surface area contributed by atoms with Gasteiger partial charge in [0, 0.05) is 0 Å². The SMILES string of the molecule is CC1(C)CC[C@]2(C(=O)O)[C@H](O)C[C@]3(C)C(=CC[C@@H]4[C@@]5(C)CC[C@H](O[C@@H]6O[C@H](CO[C@@H]7OC[C@H](O)[C@H](O)[C@H]7O[C@@H]7OC[C@H](O)[C@H](O)[C@H]7O)[C@@H](O)[C@H](O)[C@H]6O[C@@H]6O[C@H](CO)[C@@H](O)[C@H](O)[C@H]6O)C(C)(C)C5CC[C@]43C)[C@@H]2C1. The standard InChI is InChI=1S/C52H84O22/c1-47(2)14-15-52(46(65)66)23(16-47)22-8-9-29-49(5)12-11-31(48(3,4)28(49)10-13-50(29,6)51(22,7)17-30(52)56)72-45-41(74-43-39(64)36(61)34(59)26(18-53)70-43)37(62)35(60)27(71-45)21-69-44-40(33(58)25(55)20-68-44)73-42-38(63)32(57)24(54)19-67-42/h8,23-45,53-64H,9-21H2,1-7H3,(H,65,66)/t23-,24-,25-,26+,27+,28?,29+,30+,31-,32-,33-,34+,35+,36-,37-,38+,39+,40+,41+,42-,43-,44-,45-,49-,50+,51+,52+/m0/s1. The number of carbonyl (C=O) groups is 1. The first-order chi connectivity index (χ1) is 34.6. The molecule has 424 valence electrons. The van der Waals surface area contributed by atoms with Crippen LogP contribution in [-0.2, 0) is 42.7 Å². The van der Waals surface area contributed by atoms with Gasteiger partial charge in [0.05, 0.1) is 38.6 Å². The summed E-state index contributed by atoms with van der Waals surface area (Å²) in [7, 11) is 0. The van der Waals surface area contributed by atoms with Crippen LogP contribution in [0.15, 0.2) is 11.6 Å². The molecule has 0 aromatic heterocycles. The molecule has 0 spiro atoms. The van der Waals surface area contributed by atoms with Crippen molar-refractivity contribution in [3.8, 4) is 0 Å². The second-order valence-corrected chi connectivity index (χ2v) is 25.5. The maximum atomic E-state index is 13.3. The van der Waals surface area contributed by atoms with Crippen LogP contribution >= 0.6 is 0 Å². The van der Waals surface area contributed by atoms with Crippen LogP contribution in [0.4, 0.5) is 0 Å². The van der Waals surface area contributed by atoms with Crippen LogP contribution in [0.3, 0.4) is 0 Å². The van der Waals surface area contributed by atoms with Gasteiger partial charge >= 0.3 is 5.97 Å². The van der Waals surface area contributed by atoms with Gasteiger partial charge < -0.3 is 104 Å². The molecule has 0 bridgehead atoms. The van der Waals surface area contributed by atoms with Gasteiger partial charge in [-0.2, -0.15) is 0 Å². The molecule has 74 heavy (non-hydrogen) atoms. The summed E-state index contributed by atoms with van der Waals surface area (Å²) < 4.78 is 48.1. The van der Waals surface area contributed by atoms with Gasteiger partial charge in [0.15, 0.2) is 25.2 Å². The number of hydrogen-bond donors (Lipinski definition) is 13. The van der Waals surface area contributed by atoms with Crippen LogP contribution in [0.5, 0.6) is 0 Å². The highest BCUT2D eigenvalue weighted by atomic mass is 16.8. The topological polar surface area (TPSA) is 354 Å². The summed E-state index contributed by atoms with van der Waals surface area (Å²) in [5.74, 6) is -1.02. The minimum absolute atomic E-state index is 0.0480. The molecule has 4 saturated heterocycles. The molecule has 27 atom stereocenters. The maximum absolute atomic E-state index is 13.3. The van der Waals surface area contributed by atoms with Gasteiger partial charge in [-0.25, -0.2) is 0 Å². The second-order valence-electron chi connectivity index (χ2n) is 25.5. The number of aliphatic hydroxyl groups is 12. The lowest BCUT2D eigenvalue weighted by Crippen LogP contribution is -2.68. The molecule has 1 unspecified atom stereocenters. The van der Waals surface area contributed by atoms with Crippen molar-refractivity contribution in [2.75, 3.05) is 26.4 Å². The lowest BCUT2D eigenvalue weighted by molar-refractivity contribution is -0.384. The van der Waals surface area contributed by atoms with Gasteiger partial charge in [0.2, 0.25) is 0 Å². The third kappa shape index (κ3) is 9.16. The minimum Gasteiger partial charge on any atom is -0.481 e. The highest BCUT2D eigenvalue weighted by Crippen LogP contribution is 2.76. The molecule has 5 aliphatic carbocycles. The Morgan fingerprint density at radius 1 is 0.622 bits per heavy atom. The first kappa shape index (κ1) is 57.1. The van der Waals surface area contributed by atoms with E-state index in [9.17, 15) is 71.2 Å². The second kappa shape index (κ2) is 20.5. The molecule has 4 heterocycles. The number of hydrogen-bond acceptors (Lipinski definition) is 21. The predicted octanol–water partition coefficient (Wildman–Crippen LogP) is -1.22. The molecule has 22 nitrogen and oxygen atoms in total. The Bertz CT molecular complexity index is 2040. The molecule has 22 heteroatoms. The molecule has 9 rings (SSSR count). The first-order valence-electron chi connectivity index (χ1n) is 26.7. The zero-order valence-electron chi connectivity index (χ0n) is 43.5. The Morgan fingerprint density at radius 3 is 1.91 bits per heavy atom. The molecule has 0 aromatic carbocycles. The fourth-order valence-electron chi connectivity index (χ4n) is 16.0. The molecule has 4 aliphatic heterocycles. The van der Waals surface area contributed by atoms with Crippen LogP contribution < -0.4 is 0 Å². The summed E-state index contributed by atoms with van der Waals surface area (Å²) in [6.07, 6.45) is -23.1. The number of ether oxygens (including phenoxy) is 8. The average Bonchev–Trinajstić information content (AvgIpc) is 3.34. The van der Waals surface area contributed by atoms with Gasteiger partial charge in [-0.1, -0.05) is 60.1 Å². The summed E-state index contributed by atoms with van der Waals surface area (Å²) in [6, 6.07) is 0. The summed E-state index contributed by atoms with van der Waals surface area (Å²) in [5, 5.41) is 141. The third-order valence-corrected chi connectivity index (χ3v) is 20.7. The molecule has 0 radical (unpaired) electrons. The highest BCUT2D eigenvalue weighted by Gasteiger charge is 2.72. The fraction of sp³-hybridized carbons (Fsp3) is 0.942. The Balaban J connectivity index is 0.971. The fourth-order valence-corrected chi connectivity index (χ4v) is 16.0. The van der Waals surface area contributed by atoms with E-state index in [2.05, 4.69) is 54.5 Å². The number of aliphatic carboxylic acids is 1. The normalized spacial score (nSPS) is 54.1. The van der Waals surface area contributed by atoms with E-state index in [0.29, 0.717) is 32.1 Å². The quantitative estimate of drug-likeness (QED) is 0.0852. The first-order valence-corrected chi connectivity index (χ1v) is 26.7. The number of carboxylic acids is 1. The van der Waals surface area contributed by atoms with E-state index in [0.717, 1.165) is 25.7 Å². The Hall–Kier alpha value is -1.59. The van der Waals surface area contributed by atoms with Crippen molar-refractivity contribution in [2.45, 2.75) is 229 Å². The van der Waals surface area contributed by atoms with E-state index in [4.69, 9.17) is 37.9 Å². The van der Waals surface area contributed by atoms with Gasteiger partial charge in [-0.05, 0) is 103 Å². The van der Waals surface area contributed by atoms with Crippen molar-refractivity contribution in [1.29, 1.82) is 0 Å². The molecule has 9 aliphatic rings. The molecule has 13 N–H and O–H groups in total. The Kier molecular flexibility index (Phi) is 15.8. The summed E-state index contributed by atoms with van der Waals surface area (Å²) in [5.41, 5.74) is -1.78. The average molecular weight is 1060 g/mol. The summed E-state index contributed by atoms with van der Waals surface area (Å²) in [4.78, 5) is 13.3. The lowest BCUT2D eigenvalue weighted by Gasteiger charge is -2.71. The highest BCUT2D eigenvalue weighted by molar-refractivity contribution is 5.77. The van der Waals surface area contributed by atoms with Crippen molar-refractivity contribution in [2.24, 2.45) is 50.2 Å². The smallest absolute Gasteiger partial charge is 0.312 e. The van der Waals surface area contributed by atoms with Crippen molar-refractivity contribution in [3.63, 3.8) is 0 Å². The van der Waals surface area contributed by atoms with E-state index in [1.54, 1.807) is 0 Å². The molecular weight excluding hydrogens is 977 g/mol. The number of rotatable bonds is 11. The lowest BCUT2D eigenvalue weighted by atomic mass is 9.33. The van der Waals surface area contributed by atoms with Gasteiger partial charge in [-0.3, -0.25) is 4.79 Å². The molecule has 0 aromatic rings. The van der Waals surface area contributed by atoms with Crippen molar-refractivity contribution < 1.29 is 109 Å². The zero-order valence-corrected chi connectivity index (χ0v) is 43.5. The third-order valence-electron chi connectivity index (χ3n) is 20.7. The van der Waals surface area contributed by atoms with Crippen molar-refractivity contribution in [3.05, 3.63) is 11.6 Å². The van der Waals surface area contributed by atoms with Gasteiger partial charge in [0.1, 0.15) is 90.9 Å². The monoisotopic (exact) mass is 1060 g/mol. The van der Waals surface area contributed by atoms with Crippen LogP contribution in [-0.4, -0.2) is 222 Å². The van der Waals surface area contributed by atoms with Crippen LogP contribution in [0.2, 0.25) is 0 Å². The van der Waals surface area contributed by atoms with Crippen LogP contribution in [0.1, 0.15) is 106 Å². The predicted molar refractivity (Wildman–Crippen MR) is 253 cm³/mol. The van der Waals surface area contributed by atoms with Crippen molar-refractivity contribution in [1.82, 2.24) is 0 Å². The molecule has 8 fully saturated rings. The molecular formula is C52H84O22. The molecule has 0 amide bonds. The van der Waals surface area contributed by atoms with Gasteiger partial charge in [-0.15, -0.1) is 0 Å². The van der Waals surface area contributed by atoms with Gasteiger partial charge in [0.25, 0.3) is 0 Å².